The van der Waals surface area contributed by atoms with Crippen LogP contribution in [0, 0.1) is 11.8 Å². The van der Waals surface area contributed by atoms with Crippen molar-refractivity contribution in [3.63, 3.8) is 0 Å². The van der Waals surface area contributed by atoms with E-state index >= 15 is 0 Å². The summed E-state index contributed by atoms with van der Waals surface area (Å²) in [7, 11) is 0. The zero-order valence-electron chi connectivity index (χ0n) is 12.7. The maximum absolute atomic E-state index is 12.5. The Morgan fingerprint density at radius 1 is 1.36 bits per heavy atom. The van der Waals surface area contributed by atoms with Crippen molar-refractivity contribution in [2.75, 3.05) is 19.7 Å². The zero-order valence-corrected chi connectivity index (χ0v) is 12.7. The molecule has 1 aliphatic rings. The molecule has 0 saturated carbocycles. The van der Waals surface area contributed by atoms with Gasteiger partial charge in [0.1, 0.15) is 12.4 Å². The van der Waals surface area contributed by atoms with E-state index in [2.05, 4.69) is 6.58 Å². The number of aliphatic carboxylic acids is 1. The number of hydrogen-bond donors (Lipinski definition) is 1. The minimum Gasteiger partial charge on any atom is -0.490 e. The molecule has 0 aliphatic carbocycles. The maximum Gasteiger partial charge on any atom is 0.308 e. The first-order valence-corrected chi connectivity index (χ1v) is 7.37. The summed E-state index contributed by atoms with van der Waals surface area (Å²) in [6.07, 6.45) is 2.27. The number of carbonyl (C=O) groups is 2. The standard InChI is InChI=1S/C17H21NO4/c1-3-8-22-15-6-4-13(5-7-15)16(19)18-10-12(2)9-14(11-18)17(20)21/h3-7,12,14H,1,8-11H2,2H3,(H,20,21). The fraction of sp³-hybridized carbons (Fsp3) is 0.412. The molecule has 118 valence electrons. The van der Waals surface area contributed by atoms with E-state index < -0.39 is 11.9 Å². The maximum atomic E-state index is 12.5. The van der Waals surface area contributed by atoms with Crippen molar-refractivity contribution in [3.05, 3.63) is 42.5 Å². The Kier molecular flexibility index (Phi) is 5.20. The second kappa shape index (κ2) is 7.11. The highest BCUT2D eigenvalue weighted by molar-refractivity contribution is 5.94. The van der Waals surface area contributed by atoms with Crippen LogP contribution in [0.2, 0.25) is 0 Å². The lowest BCUT2D eigenvalue weighted by molar-refractivity contribution is -0.143. The van der Waals surface area contributed by atoms with Crippen molar-refractivity contribution >= 4 is 11.9 Å². The monoisotopic (exact) mass is 303 g/mol. The molecule has 1 amide bonds. The van der Waals surface area contributed by atoms with E-state index in [9.17, 15) is 14.7 Å². The molecule has 1 aromatic carbocycles. The number of likely N-dealkylation sites (tertiary alicyclic amines) is 1. The van der Waals surface area contributed by atoms with Crippen LogP contribution in [-0.4, -0.2) is 41.6 Å². The molecule has 0 bridgehead atoms. The van der Waals surface area contributed by atoms with Crippen LogP contribution in [0.25, 0.3) is 0 Å². The van der Waals surface area contributed by atoms with Gasteiger partial charge in [-0.15, -0.1) is 0 Å². The second-order valence-electron chi connectivity index (χ2n) is 5.71. The van der Waals surface area contributed by atoms with Crippen molar-refractivity contribution in [1.29, 1.82) is 0 Å². The van der Waals surface area contributed by atoms with Gasteiger partial charge in [0, 0.05) is 18.7 Å². The van der Waals surface area contributed by atoms with Gasteiger partial charge in [0.05, 0.1) is 5.92 Å². The lowest BCUT2D eigenvalue weighted by atomic mass is 9.90. The fourth-order valence-electron chi connectivity index (χ4n) is 2.73. The van der Waals surface area contributed by atoms with E-state index in [1.54, 1.807) is 35.2 Å². The first-order chi connectivity index (χ1) is 10.5. The molecule has 5 heteroatoms. The fourth-order valence-corrected chi connectivity index (χ4v) is 2.73. The van der Waals surface area contributed by atoms with Crippen molar-refractivity contribution < 1.29 is 19.4 Å². The summed E-state index contributed by atoms with van der Waals surface area (Å²) in [5, 5.41) is 9.18. The Balaban J connectivity index is 2.06. The summed E-state index contributed by atoms with van der Waals surface area (Å²) in [5.74, 6) is -0.589. The average Bonchev–Trinajstić information content (AvgIpc) is 2.52. The van der Waals surface area contributed by atoms with Gasteiger partial charge in [-0.2, -0.15) is 0 Å². The van der Waals surface area contributed by atoms with Crippen LogP contribution in [0.5, 0.6) is 5.75 Å². The van der Waals surface area contributed by atoms with Crippen molar-refractivity contribution in [1.82, 2.24) is 4.90 Å². The minimum absolute atomic E-state index is 0.131. The van der Waals surface area contributed by atoms with Crippen molar-refractivity contribution in [2.24, 2.45) is 11.8 Å². The number of ether oxygens (including phenoxy) is 1. The SMILES string of the molecule is C=CCOc1ccc(C(=O)N2CC(C)CC(C(=O)O)C2)cc1. The lowest BCUT2D eigenvalue weighted by Gasteiger charge is -2.34. The Bertz CT molecular complexity index is 552. The molecule has 22 heavy (non-hydrogen) atoms. The summed E-state index contributed by atoms with van der Waals surface area (Å²) < 4.78 is 5.38. The second-order valence-corrected chi connectivity index (χ2v) is 5.71. The molecule has 2 rings (SSSR count). The van der Waals surface area contributed by atoms with Gasteiger partial charge in [-0.05, 0) is 36.6 Å². The van der Waals surface area contributed by atoms with E-state index in [4.69, 9.17) is 4.74 Å². The van der Waals surface area contributed by atoms with Gasteiger partial charge in [-0.3, -0.25) is 9.59 Å². The molecule has 1 aromatic rings. The largest absolute Gasteiger partial charge is 0.490 e. The van der Waals surface area contributed by atoms with E-state index in [-0.39, 0.29) is 18.4 Å². The van der Waals surface area contributed by atoms with Gasteiger partial charge >= 0.3 is 5.97 Å². The summed E-state index contributed by atoms with van der Waals surface area (Å²) in [6.45, 7) is 6.83. The quantitative estimate of drug-likeness (QED) is 0.848. The van der Waals surface area contributed by atoms with E-state index in [0.717, 1.165) is 0 Å². The first-order valence-electron chi connectivity index (χ1n) is 7.37. The van der Waals surface area contributed by atoms with Gasteiger partial charge in [-0.25, -0.2) is 0 Å². The molecular formula is C17H21NO4. The molecule has 1 saturated heterocycles. The number of rotatable bonds is 5. The van der Waals surface area contributed by atoms with E-state index in [1.165, 1.54) is 0 Å². The predicted octanol–water partition coefficient (Wildman–Crippen LogP) is 2.43. The number of amides is 1. The normalized spacial score (nSPS) is 21.2. The third-order valence-corrected chi connectivity index (χ3v) is 3.77. The topological polar surface area (TPSA) is 66.8 Å². The first kappa shape index (κ1) is 16.1. The molecule has 2 atom stereocenters. The van der Waals surface area contributed by atoms with Gasteiger partial charge in [0.25, 0.3) is 5.91 Å². The van der Waals surface area contributed by atoms with Crippen molar-refractivity contribution in [3.8, 4) is 5.75 Å². The number of carbonyl (C=O) groups excluding carboxylic acids is 1. The molecule has 1 heterocycles. The average molecular weight is 303 g/mol. The van der Waals surface area contributed by atoms with Crippen LogP contribution >= 0.6 is 0 Å². The Morgan fingerprint density at radius 3 is 2.64 bits per heavy atom. The van der Waals surface area contributed by atoms with E-state index in [1.807, 2.05) is 6.92 Å². The van der Waals surface area contributed by atoms with Gasteiger partial charge in [0.15, 0.2) is 0 Å². The molecule has 1 N–H and O–H groups in total. The van der Waals surface area contributed by atoms with E-state index in [0.29, 0.717) is 30.9 Å². The number of carboxylic acid groups (broad SMARTS) is 1. The summed E-state index contributed by atoms with van der Waals surface area (Å²) in [4.78, 5) is 25.3. The molecule has 0 radical (unpaired) electrons. The van der Waals surface area contributed by atoms with Crippen LogP contribution in [0.4, 0.5) is 0 Å². The number of nitrogens with zero attached hydrogens (tertiary/aromatic N) is 1. The molecule has 0 spiro atoms. The third-order valence-electron chi connectivity index (χ3n) is 3.77. The van der Waals surface area contributed by atoms with Gasteiger partial charge in [-0.1, -0.05) is 19.6 Å². The molecule has 2 unspecified atom stereocenters. The number of hydrogen-bond acceptors (Lipinski definition) is 3. The zero-order chi connectivity index (χ0) is 16.1. The number of piperidine rings is 1. The van der Waals surface area contributed by atoms with Crippen LogP contribution in [0.15, 0.2) is 36.9 Å². The smallest absolute Gasteiger partial charge is 0.308 e. The van der Waals surface area contributed by atoms with Crippen LogP contribution in [0.1, 0.15) is 23.7 Å². The third kappa shape index (κ3) is 3.87. The summed E-state index contributed by atoms with van der Waals surface area (Å²) in [6, 6.07) is 6.88. The van der Waals surface area contributed by atoms with Gasteiger partial charge < -0.3 is 14.7 Å². The van der Waals surface area contributed by atoms with Crippen LogP contribution in [0.3, 0.4) is 0 Å². The van der Waals surface area contributed by atoms with Crippen LogP contribution in [-0.2, 0) is 4.79 Å². The van der Waals surface area contributed by atoms with Crippen molar-refractivity contribution in [2.45, 2.75) is 13.3 Å². The van der Waals surface area contributed by atoms with Crippen LogP contribution < -0.4 is 4.74 Å². The number of benzene rings is 1. The lowest BCUT2D eigenvalue weighted by Crippen LogP contribution is -2.45. The Hall–Kier alpha value is -2.30. The highest BCUT2D eigenvalue weighted by atomic mass is 16.5. The Morgan fingerprint density at radius 2 is 2.05 bits per heavy atom. The summed E-state index contributed by atoms with van der Waals surface area (Å²) >= 11 is 0. The highest BCUT2D eigenvalue weighted by Crippen LogP contribution is 2.24. The molecule has 5 nitrogen and oxygen atoms in total. The molecule has 0 aromatic heterocycles. The summed E-state index contributed by atoms with van der Waals surface area (Å²) in [5.41, 5.74) is 0.546. The molecule has 1 fully saturated rings. The Labute approximate surface area is 130 Å². The van der Waals surface area contributed by atoms with Gasteiger partial charge in [0.2, 0.25) is 0 Å². The molecular weight excluding hydrogens is 282 g/mol. The minimum atomic E-state index is -0.836. The molecule has 1 aliphatic heterocycles. The highest BCUT2D eigenvalue weighted by Gasteiger charge is 2.32. The number of carboxylic acids is 1. The predicted molar refractivity (Wildman–Crippen MR) is 82.9 cm³/mol.